The molecule has 0 aromatic rings. The number of hydrogen-bond acceptors (Lipinski definition) is 2. The van der Waals surface area contributed by atoms with Crippen LogP contribution >= 0.6 is 0 Å². The molecule has 5 heteroatoms. The van der Waals surface area contributed by atoms with Gasteiger partial charge in [0.2, 0.25) is 0 Å². The molecule has 94 valence electrons. The summed E-state index contributed by atoms with van der Waals surface area (Å²) < 4.78 is 32.6. The number of carbonyl (C=O) groups excluding carboxylic acids is 1. The first-order valence-electron chi connectivity index (χ1n) is 5.71. The molecule has 2 aliphatic rings. The molecule has 0 radical (unpaired) electrons. The molecule has 1 aliphatic carbocycles. The Labute approximate surface area is 98.9 Å². The quantitative estimate of drug-likeness (QED) is 0.740. The third-order valence-electron chi connectivity index (χ3n) is 3.78. The lowest BCUT2D eigenvalue weighted by Gasteiger charge is -2.22. The fraction of sp³-hybridized carbons (Fsp3) is 0.750. The molecule has 0 aromatic carbocycles. The van der Waals surface area contributed by atoms with E-state index < -0.39 is 23.2 Å². The molecule has 2 fully saturated rings. The highest BCUT2D eigenvalue weighted by molar-refractivity contribution is 5.93. The van der Waals surface area contributed by atoms with Crippen LogP contribution in [0.1, 0.15) is 19.8 Å². The Bertz CT molecular complexity index is 378. The molecule has 1 aliphatic heterocycles. The van der Waals surface area contributed by atoms with Gasteiger partial charge >= 0.3 is 0 Å². The van der Waals surface area contributed by atoms with Crippen LogP contribution in [0.15, 0.2) is 0 Å². The van der Waals surface area contributed by atoms with Gasteiger partial charge in [0.05, 0.1) is 5.92 Å². The first kappa shape index (κ1) is 12.3. The van der Waals surface area contributed by atoms with Crippen LogP contribution in [0.5, 0.6) is 0 Å². The molecule has 17 heavy (non-hydrogen) atoms. The van der Waals surface area contributed by atoms with Gasteiger partial charge in [0.25, 0.3) is 11.8 Å². The predicted molar refractivity (Wildman–Crippen MR) is 57.4 cm³/mol. The summed E-state index contributed by atoms with van der Waals surface area (Å²) >= 11 is 0. The van der Waals surface area contributed by atoms with E-state index in [0.29, 0.717) is 26.1 Å². The van der Waals surface area contributed by atoms with Crippen molar-refractivity contribution in [2.75, 3.05) is 19.8 Å². The summed E-state index contributed by atoms with van der Waals surface area (Å²) in [6, 6.07) is 0. The van der Waals surface area contributed by atoms with Gasteiger partial charge in [-0.3, -0.25) is 4.79 Å². The number of nitrogens with one attached hydrogen (secondary N) is 1. The molecular weight excluding hydrogens is 228 g/mol. The topological polar surface area (TPSA) is 38.3 Å². The van der Waals surface area contributed by atoms with E-state index in [0.717, 1.165) is 0 Å². The second kappa shape index (κ2) is 4.26. The molecular formula is C12H15F2NO2. The fourth-order valence-corrected chi connectivity index (χ4v) is 2.68. The summed E-state index contributed by atoms with van der Waals surface area (Å²) in [4.78, 5) is 11.1. The summed E-state index contributed by atoms with van der Waals surface area (Å²) in [5.41, 5.74) is -0.946. The number of rotatable bonds is 2. The summed E-state index contributed by atoms with van der Waals surface area (Å²) in [5, 5.41) is 2.44. The van der Waals surface area contributed by atoms with E-state index in [1.165, 1.54) is 6.92 Å². The minimum atomic E-state index is -2.68. The maximum Gasteiger partial charge on any atom is 0.295 e. The van der Waals surface area contributed by atoms with Gasteiger partial charge in [0.15, 0.2) is 0 Å². The van der Waals surface area contributed by atoms with Crippen LogP contribution in [0.25, 0.3) is 0 Å². The molecule has 1 atom stereocenters. The molecule has 1 amide bonds. The number of ether oxygens (including phenoxy) is 1. The van der Waals surface area contributed by atoms with Crippen LogP contribution in [-0.4, -0.2) is 31.6 Å². The van der Waals surface area contributed by atoms with Crippen molar-refractivity contribution in [2.45, 2.75) is 25.7 Å². The van der Waals surface area contributed by atoms with Crippen molar-refractivity contribution in [3.63, 3.8) is 0 Å². The minimum Gasteiger partial charge on any atom is -0.381 e. The van der Waals surface area contributed by atoms with Crippen LogP contribution in [-0.2, 0) is 9.53 Å². The van der Waals surface area contributed by atoms with E-state index in [-0.39, 0.29) is 6.54 Å². The molecule has 1 saturated carbocycles. The highest BCUT2D eigenvalue weighted by Gasteiger charge is 2.79. The van der Waals surface area contributed by atoms with Crippen molar-refractivity contribution in [1.29, 1.82) is 0 Å². The maximum atomic E-state index is 13.7. The Balaban J connectivity index is 1.93. The summed E-state index contributed by atoms with van der Waals surface area (Å²) in [5.74, 6) is 0.784. The van der Waals surface area contributed by atoms with Gasteiger partial charge in [0.1, 0.15) is 0 Å². The largest absolute Gasteiger partial charge is 0.381 e. The zero-order chi connectivity index (χ0) is 12.5. The van der Waals surface area contributed by atoms with Crippen molar-refractivity contribution in [3.05, 3.63) is 0 Å². The number of alkyl halides is 2. The third kappa shape index (κ3) is 1.91. The minimum absolute atomic E-state index is 0.000509. The second-order valence-corrected chi connectivity index (χ2v) is 4.53. The lowest BCUT2D eigenvalue weighted by Crippen LogP contribution is -2.27. The van der Waals surface area contributed by atoms with Gasteiger partial charge in [-0.05, 0) is 25.7 Å². The molecule has 0 aromatic heterocycles. The van der Waals surface area contributed by atoms with Gasteiger partial charge in [-0.15, -0.1) is 0 Å². The standard InChI is InChI=1S/C12H15F2NO2/c1-2-3-10(16)15-8-9-11(12(9,13)14)4-6-17-7-5-11/h9H,4-8H2,1H3,(H,15,16). The Hall–Kier alpha value is -1.15. The van der Waals surface area contributed by atoms with Gasteiger partial charge < -0.3 is 10.1 Å². The van der Waals surface area contributed by atoms with E-state index in [9.17, 15) is 13.6 Å². The van der Waals surface area contributed by atoms with Gasteiger partial charge in [-0.25, -0.2) is 8.78 Å². The predicted octanol–water partition coefficient (Wildman–Crippen LogP) is 1.19. The molecule has 1 saturated heterocycles. The fourth-order valence-electron chi connectivity index (χ4n) is 2.68. The third-order valence-corrected chi connectivity index (χ3v) is 3.78. The Morgan fingerprint density at radius 1 is 1.47 bits per heavy atom. The van der Waals surface area contributed by atoms with Crippen LogP contribution < -0.4 is 5.32 Å². The van der Waals surface area contributed by atoms with Crippen LogP contribution in [0.4, 0.5) is 8.78 Å². The van der Waals surface area contributed by atoms with E-state index >= 15 is 0 Å². The van der Waals surface area contributed by atoms with Gasteiger partial charge in [-0.2, -0.15) is 0 Å². The first-order valence-corrected chi connectivity index (χ1v) is 5.71. The summed E-state index contributed by atoms with van der Waals surface area (Å²) in [7, 11) is 0. The molecule has 2 rings (SSSR count). The highest BCUT2D eigenvalue weighted by Crippen LogP contribution is 2.70. The van der Waals surface area contributed by atoms with Gasteiger partial charge in [-0.1, -0.05) is 5.92 Å². The molecule has 1 heterocycles. The summed E-state index contributed by atoms with van der Waals surface area (Å²) in [6.45, 7) is 2.30. The van der Waals surface area contributed by atoms with E-state index in [2.05, 4.69) is 17.2 Å². The second-order valence-electron chi connectivity index (χ2n) is 4.53. The van der Waals surface area contributed by atoms with Crippen molar-refractivity contribution in [2.24, 2.45) is 11.3 Å². The zero-order valence-electron chi connectivity index (χ0n) is 9.69. The molecule has 1 spiro atoms. The molecule has 3 nitrogen and oxygen atoms in total. The maximum absolute atomic E-state index is 13.7. The Morgan fingerprint density at radius 3 is 2.71 bits per heavy atom. The highest BCUT2D eigenvalue weighted by atomic mass is 19.3. The molecule has 1 N–H and O–H groups in total. The van der Waals surface area contributed by atoms with E-state index in [1.807, 2.05) is 0 Å². The Morgan fingerprint density at radius 2 is 2.12 bits per heavy atom. The zero-order valence-corrected chi connectivity index (χ0v) is 9.69. The van der Waals surface area contributed by atoms with Crippen LogP contribution in [0.3, 0.4) is 0 Å². The normalized spacial score (nSPS) is 28.1. The van der Waals surface area contributed by atoms with E-state index in [1.54, 1.807) is 0 Å². The monoisotopic (exact) mass is 243 g/mol. The smallest absolute Gasteiger partial charge is 0.295 e. The van der Waals surface area contributed by atoms with Crippen molar-refractivity contribution >= 4 is 5.91 Å². The lowest BCUT2D eigenvalue weighted by atomic mass is 9.93. The molecule has 1 unspecified atom stereocenters. The number of halogens is 2. The van der Waals surface area contributed by atoms with Crippen LogP contribution in [0.2, 0.25) is 0 Å². The number of hydrogen-bond donors (Lipinski definition) is 1. The average molecular weight is 243 g/mol. The van der Waals surface area contributed by atoms with Crippen molar-refractivity contribution in [3.8, 4) is 11.8 Å². The molecule has 0 bridgehead atoms. The number of carbonyl (C=O) groups is 1. The average Bonchev–Trinajstić information content (AvgIpc) is 2.73. The van der Waals surface area contributed by atoms with Crippen molar-refractivity contribution in [1.82, 2.24) is 5.32 Å². The number of amides is 1. The Kier molecular flexibility index (Phi) is 3.09. The SMILES string of the molecule is CC#CC(=O)NCC1C(F)(F)C12CCOCC2. The first-order chi connectivity index (χ1) is 8.04. The van der Waals surface area contributed by atoms with Crippen molar-refractivity contribution < 1.29 is 18.3 Å². The van der Waals surface area contributed by atoms with E-state index in [4.69, 9.17) is 4.74 Å². The lowest BCUT2D eigenvalue weighted by molar-refractivity contribution is -0.115. The summed E-state index contributed by atoms with van der Waals surface area (Å²) in [6.07, 6.45) is 0.750. The van der Waals surface area contributed by atoms with Gasteiger partial charge in [0, 0.05) is 25.2 Å². The van der Waals surface area contributed by atoms with Crippen LogP contribution in [0, 0.1) is 23.2 Å².